The van der Waals surface area contributed by atoms with Crippen molar-refractivity contribution in [3.05, 3.63) is 44.8 Å². The van der Waals surface area contributed by atoms with Crippen LogP contribution in [-0.2, 0) is 0 Å². The fourth-order valence-electron chi connectivity index (χ4n) is 0.711. The Hall–Kier alpha value is -1.60. The zero-order valence-electron chi connectivity index (χ0n) is 5.82. The lowest BCUT2D eigenvalue weighted by Gasteiger charge is -1.93. The zero-order valence-corrected chi connectivity index (χ0v) is 6.58. The van der Waals surface area contributed by atoms with Crippen LogP contribution in [0.1, 0.15) is 0 Å². The van der Waals surface area contributed by atoms with E-state index in [-0.39, 0.29) is 16.4 Å². The molecule has 0 aliphatic heterocycles. The van der Waals surface area contributed by atoms with E-state index in [2.05, 4.69) is 4.85 Å². The summed E-state index contributed by atoms with van der Waals surface area (Å²) in [6.45, 7) is 6.61. The van der Waals surface area contributed by atoms with Crippen LogP contribution in [0, 0.1) is 16.7 Å². The quantitative estimate of drug-likeness (QED) is 0.381. The minimum absolute atomic E-state index is 0.0485. The van der Waals surface area contributed by atoms with Gasteiger partial charge >= 0.3 is 0 Å². The molecule has 1 aromatic rings. The first-order chi connectivity index (χ1) is 5.65. The zero-order chi connectivity index (χ0) is 9.14. The van der Waals surface area contributed by atoms with Crippen LogP contribution in [0.25, 0.3) is 4.85 Å². The minimum Gasteiger partial charge on any atom is -0.258 e. The van der Waals surface area contributed by atoms with Gasteiger partial charge in [0.25, 0.3) is 5.69 Å². The van der Waals surface area contributed by atoms with E-state index in [1.165, 1.54) is 12.1 Å². The van der Waals surface area contributed by atoms with Gasteiger partial charge in [0.1, 0.15) is 5.02 Å². The second-order valence-electron chi connectivity index (χ2n) is 2.00. The van der Waals surface area contributed by atoms with E-state index in [0.717, 1.165) is 6.07 Å². The summed E-state index contributed by atoms with van der Waals surface area (Å²) in [7, 11) is 0. The van der Waals surface area contributed by atoms with Gasteiger partial charge in [-0.15, -0.1) is 0 Å². The normalized spacial score (nSPS) is 9.00. The smallest absolute Gasteiger partial charge is 0.258 e. The molecule has 0 saturated carbocycles. The molecule has 5 heteroatoms. The molecule has 0 atom stereocenters. The number of halogens is 1. The van der Waals surface area contributed by atoms with E-state index in [9.17, 15) is 10.1 Å². The van der Waals surface area contributed by atoms with Crippen LogP contribution < -0.4 is 0 Å². The van der Waals surface area contributed by atoms with Gasteiger partial charge in [0.15, 0.2) is 5.69 Å². The molecule has 0 unspecified atom stereocenters. The largest absolute Gasteiger partial charge is 0.277 e. The molecule has 0 bridgehead atoms. The molecule has 0 radical (unpaired) electrons. The van der Waals surface area contributed by atoms with Crippen molar-refractivity contribution in [1.82, 2.24) is 0 Å². The van der Waals surface area contributed by atoms with Gasteiger partial charge in [-0.05, 0) is 6.07 Å². The Kier molecular flexibility index (Phi) is 2.26. The van der Waals surface area contributed by atoms with E-state index in [1.54, 1.807) is 0 Å². The maximum atomic E-state index is 10.3. The summed E-state index contributed by atoms with van der Waals surface area (Å²) >= 11 is 5.50. The first-order valence-electron chi connectivity index (χ1n) is 2.96. The van der Waals surface area contributed by atoms with Gasteiger partial charge in [0.05, 0.1) is 11.5 Å². The number of rotatable bonds is 1. The van der Waals surface area contributed by atoms with Crippen molar-refractivity contribution in [2.75, 3.05) is 0 Å². The molecule has 12 heavy (non-hydrogen) atoms. The van der Waals surface area contributed by atoms with Gasteiger partial charge in [0, 0.05) is 6.07 Å². The van der Waals surface area contributed by atoms with Gasteiger partial charge in [0.2, 0.25) is 0 Å². The third-order valence-electron chi connectivity index (χ3n) is 1.26. The Morgan fingerprint density at radius 1 is 1.58 bits per heavy atom. The third kappa shape index (κ3) is 1.52. The Labute approximate surface area is 73.4 Å². The maximum absolute atomic E-state index is 10.3. The van der Waals surface area contributed by atoms with Crippen molar-refractivity contribution in [3.63, 3.8) is 0 Å². The lowest BCUT2D eigenvalue weighted by atomic mass is 10.3. The topological polar surface area (TPSA) is 47.5 Å². The molecule has 0 aliphatic carbocycles. The second kappa shape index (κ2) is 3.20. The summed E-state index contributed by atoms with van der Waals surface area (Å²) < 4.78 is 0. The highest BCUT2D eigenvalue weighted by Gasteiger charge is 2.11. The second-order valence-corrected chi connectivity index (χ2v) is 2.41. The van der Waals surface area contributed by atoms with Crippen LogP contribution in [0.15, 0.2) is 18.2 Å². The number of benzene rings is 1. The number of hydrogen-bond acceptors (Lipinski definition) is 2. The molecule has 0 saturated heterocycles. The van der Waals surface area contributed by atoms with Crippen molar-refractivity contribution in [2.45, 2.75) is 0 Å². The van der Waals surface area contributed by atoms with Crippen LogP contribution in [0.5, 0.6) is 0 Å². The van der Waals surface area contributed by atoms with Gasteiger partial charge < -0.3 is 0 Å². The summed E-state index contributed by atoms with van der Waals surface area (Å²) in [6, 6.07) is 3.92. The molecular weight excluding hydrogens is 180 g/mol. The maximum Gasteiger partial charge on any atom is 0.277 e. The van der Waals surface area contributed by atoms with Crippen molar-refractivity contribution in [3.8, 4) is 0 Å². The lowest BCUT2D eigenvalue weighted by Crippen LogP contribution is -1.87. The molecule has 60 valence electrons. The lowest BCUT2D eigenvalue weighted by molar-refractivity contribution is -0.384. The molecule has 0 fully saturated rings. The van der Waals surface area contributed by atoms with Gasteiger partial charge in [-0.25, -0.2) is 4.85 Å². The number of nitrogens with zero attached hydrogens (tertiary/aromatic N) is 2. The van der Waals surface area contributed by atoms with E-state index >= 15 is 0 Å². The van der Waals surface area contributed by atoms with Crippen molar-refractivity contribution in [2.24, 2.45) is 0 Å². The van der Waals surface area contributed by atoms with Gasteiger partial charge in [-0.3, -0.25) is 10.1 Å². The fraction of sp³-hybridized carbons (Fsp3) is 0. The van der Waals surface area contributed by atoms with Crippen molar-refractivity contribution >= 4 is 23.0 Å². The molecule has 0 spiro atoms. The number of nitro benzene ring substituents is 1. The van der Waals surface area contributed by atoms with E-state index in [1.807, 2.05) is 0 Å². The first-order valence-corrected chi connectivity index (χ1v) is 3.34. The average Bonchev–Trinajstić information content (AvgIpc) is 2.05. The van der Waals surface area contributed by atoms with Gasteiger partial charge in [-0.1, -0.05) is 17.7 Å². The Morgan fingerprint density at radius 2 is 2.25 bits per heavy atom. The van der Waals surface area contributed by atoms with E-state index in [0.29, 0.717) is 0 Å². The molecule has 0 N–H and O–H groups in total. The molecule has 4 nitrogen and oxygen atoms in total. The summed E-state index contributed by atoms with van der Waals surface area (Å²) in [5.74, 6) is 0. The minimum atomic E-state index is -0.614. The van der Waals surface area contributed by atoms with Crippen LogP contribution in [0.3, 0.4) is 0 Å². The summed E-state index contributed by atoms with van der Waals surface area (Å²) in [5.41, 5.74) is -0.0173. The predicted molar refractivity (Wildman–Crippen MR) is 44.4 cm³/mol. The van der Waals surface area contributed by atoms with Crippen molar-refractivity contribution < 1.29 is 4.92 Å². The summed E-state index contributed by atoms with van der Waals surface area (Å²) in [5, 5.41) is 10.4. The molecule has 1 rings (SSSR count). The SMILES string of the molecule is [C-]#[N+]c1ccc(Cl)c([N+](=O)[O-])c1. The standard InChI is InChI=1S/C7H3ClN2O2/c1-9-5-2-3-6(8)7(4-5)10(11)12/h2-4H. The highest BCUT2D eigenvalue weighted by molar-refractivity contribution is 6.32. The van der Waals surface area contributed by atoms with Crippen molar-refractivity contribution in [1.29, 1.82) is 0 Å². The average molecular weight is 183 g/mol. The highest BCUT2D eigenvalue weighted by Crippen LogP contribution is 2.28. The van der Waals surface area contributed by atoms with Crippen LogP contribution in [-0.4, -0.2) is 4.92 Å². The summed E-state index contributed by atoms with van der Waals surface area (Å²) in [6.07, 6.45) is 0. The van der Waals surface area contributed by atoms with Crippen LogP contribution in [0.2, 0.25) is 5.02 Å². The van der Waals surface area contributed by atoms with Crippen LogP contribution >= 0.6 is 11.6 Å². The molecule has 0 heterocycles. The Balaban J connectivity index is 3.28. The molecular formula is C7H3ClN2O2. The molecule has 0 aliphatic rings. The van der Waals surface area contributed by atoms with Crippen LogP contribution in [0.4, 0.5) is 11.4 Å². The number of nitro groups is 1. The first kappa shape index (κ1) is 8.50. The third-order valence-corrected chi connectivity index (χ3v) is 1.58. The fourth-order valence-corrected chi connectivity index (χ4v) is 0.897. The Bertz CT molecular complexity index is 370. The highest BCUT2D eigenvalue weighted by atomic mass is 35.5. The van der Waals surface area contributed by atoms with E-state index in [4.69, 9.17) is 18.2 Å². The Morgan fingerprint density at radius 3 is 2.75 bits per heavy atom. The van der Waals surface area contributed by atoms with Gasteiger partial charge in [-0.2, -0.15) is 0 Å². The monoisotopic (exact) mass is 182 g/mol. The molecule has 0 aromatic heterocycles. The number of hydrogen-bond donors (Lipinski definition) is 0. The molecule has 1 aromatic carbocycles. The van der Waals surface area contributed by atoms with E-state index < -0.39 is 4.92 Å². The molecule has 0 amide bonds. The predicted octanol–water partition coefficient (Wildman–Crippen LogP) is 2.80. The summed E-state index contributed by atoms with van der Waals surface area (Å²) in [4.78, 5) is 12.7.